The number of nitrogens with one attached hydrogen (secondary N) is 1. The molecule has 3 rings (SSSR count). The molecule has 1 aliphatic rings. The molecule has 1 fully saturated rings. The quantitative estimate of drug-likeness (QED) is 0.883. The monoisotopic (exact) mass is 313 g/mol. The Labute approximate surface area is 136 Å². The van der Waals surface area contributed by atoms with Crippen LogP contribution in [0.5, 0.6) is 0 Å². The molecule has 0 aliphatic heterocycles. The number of aromatic nitrogens is 2. The fourth-order valence-electron chi connectivity index (χ4n) is 2.56. The van der Waals surface area contributed by atoms with E-state index in [4.69, 9.17) is 4.52 Å². The Balaban J connectivity index is 1.83. The van der Waals surface area contributed by atoms with Crippen LogP contribution in [-0.2, 0) is 4.79 Å². The van der Waals surface area contributed by atoms with Crippen molar-refractivity contribution >= 4 is 5.91 Å². The summed E-state index contributed by atoms with van der Waals surface area (Å²) in [4.78, 5) is 16.7. The van der Waals surface area contributed by atoms with Crippen LogP contribution in [0, 0.1) is 18.8 Å². The van der Waals surface area contributed by atoms with E-state index in [0.29, 0.717) is 11.7 Å². The zero-order chi connectivity index (χ0) is 16.4. The lowest BCUT2D eigenvalue weighted by molar-refractivity contribution is -0.123. The molecule has 0 radical (unpaired) electrons. The predicted molar refractivity (Wildman–Crippen MR) is 87.5 cm³/mol. The third-order valence-electron chi connectivity index (χ3n) is 4.44. The first-order valence-corrected chi connectivity index (χ1v) is 8.29. The number of rotatable bonds is 6. The highest BCUT2D eigenvalue weighted by Crippen LogP contribution is 2.32. The Kier molecular flexibility index (Phi) is 4.46. The van der Waals surface area contributed by atoms with Crippen molar-refractivity contribution in [1.82, 2.24) is 15.5 Å². The lowest BCUT2D eigenvalue weighted by atomic mass is 9.98. The SMILES string of the molecule is CC[C@@H](C)[C@H](NC(=O)C1CC1)c1nc(-c2cccc(C)c2)no1. The van der Waals surface area contributed by atoms with Crippen molar-refractivity contribution in [3.63, 3.8) is 0 Å². The number of carbonyl (C=O) groups excluding carboxylic acids is 1. The van der Waals surface area contributed by atoms with Gasteiger partial charge in [-0.25, -0.2) is 0 Å². The molecule has 2 aromatic rings. The van der Waals surface area contributed by atoms with Gasteiger partial charge in [-0.1, -0.05) is 49.2 Å². The van der Waals surface area contributed by atoms with Crippen LogP contribution in [-0.4, -0.2) is 16.0 Å². The molecule has 1 aromatic heterocycles. The van der Waals surface area contributed by atoms with E-state index in [2.05, 4.69) is 29.3 Å². The second-order valence-corrected chi connectivity index (χ2v) is 6.47. The van der Waals surface area contributed by atoms with Crippen molar-refractivity contribution < 1.29 is 9.32 Å². The highest BCUT2D eigenvalue weighted by molar-refractivity contribution is 5.81. The summed E-state index contributed by atoms with van der Waals surface area (Å²) in [5.74, 6) is 1.57. The molecule has 0 unspecified atom stereocenters. The molecule has 0 saturated heterocycles. The van der Waals surface area contributed by atoms with Gasteiger partial charge in [-0.15, -0.1) is 0 Å². The third-order valence-corrected chi connectivity index (χ3v) is 4.44. The number of aryl methyl sites for hydroxylation is 1. The van der Waals surface area contributed by atoms with Crippen LogP contribution in [0.25, 0.3) is 11.4 Å². The molecule has 1 heterocycles. The van der Waals surface area contributed by atoms with Gasteiger partial charge >= 0.3 is 0 Å². The number of carbonyl (C=O) groups is 1. The van der Waals surface area contributed by atoms with Crippen molar-refractivity contribution in [3.05, 3.63) is 35.7 Å². The molecule has 5 nitrogen and oxygen atoms in total. The standard InChI is InChI=1S/C18H23N3O2/c1-4-12(3)15(19-17(22)13-8-9-13)18-20-16(21-23-18)14-7-5-6-11(2)10-14/h5-7,10,12-13,15H,4,8-9H2,1-3H3,(H,19,22)/t12-,15+/m1/s1. The largest absolute Gasteiger partial charge is 0.344 e. The van der Waals surface area contributed by atoms with Crippen LogP contribution >= 0.6 is 0 Å². The van der Waals surface area contributed by atoms with Crippen LogP contribution in [0.4, 0.5) is 0 Å². The second-order valence-electron chi connectivity index (χ2n) is 6.47. The summed E-state index contributed by atoms with van der Waals surface area (Å²) >= 11 is 0. The number of nitrogens with zero attached hydrogens (tertiary/aromatic N) is 2. The molecular weight excluding hydrogens is 290 g/mol. The fraction of sp³-hybridized carbons (Fsp3) is 0.500. The van der Waals surface area contributed by atoms with Gasteiger partial charge in [-0.3, -0.25) is 4.79 Å². The lowest BCUT2D eigenvalue weighted by Gasteiger charge is -2.20. The van der Waals surface area contributed by atoms with Gasteiger partial charge in [0.05, 0.1) is 0 Å². The van der Waals surface area contributed by atoms with Crippen LogP contribution in [0.15, 0.2) is 28.8 Å². The normalized spacial score (nSPS) is 16.8. The summed E-state index contributed by atoms with van der Waals surface area (Å²) < 4.78 is 5.47. The first-order valence-electron chi connectivity index (χ1n) is 8.29. The van der Waals surface area contributed by atoms with Crippen LogP contribution < -0.4 is 5.32 Å². The minimum absolute atomic E-state index is 0.102. The zero-order valence-corrected chi connectivity index (χ0v) is 13.9. The van der Waals surface area contributed by atoms with Crippen molar-refractivity contribution in [1.29, 1.82) is 0 Å². The molecule has 23 heavy (non-hydrogen) atoms. The van der Waals surface area contributed by atoms with Gasteiger partial charge in [-0.2, -0.15) is 4.98 Å². The molecule has 0 bridgehead atoms. The maximum Gasteiger partial charge on any atom is 0.249 e. The van der Waals surface area contributed by atoms with Crippen molar-refractivity contribution in [2.75, 3.05) is 0 Å². The second kappa shape index (κ2) is 6.52. The smallest absolute Gasteiger partial charge is 0.249 e. The van der Waals surface area contributed by atoms with E-state index in [0.717, 1.165) is 30.4 Å². The number of hydrogen-bond acceptors (Lipinski definition) is 4. The lowest BCUT2D eigenvalue weighted by Crippen LogP contribution is -2.33. The summed E-state index contributed by atoms with van der Waals surface area (Å²) in [7, 11) is 0. The van der Waals surface area contributed by atoms with E-state index in [1.165, 1.54) is 0 Å². The Morgan fingerprint density at radius 1 is 1.43 bits per heavy atom. The van der Waals surface area contributed by atoms with Gasteiger partial charge < -0.3 is 9.84 Å². The van der Waals surface area contributed by atoms with Gasteiger partial charge in [0.1, 0.15) is 6.04 Å². The minimum atomic E-state index is -0.223. The maximum atomic E-state index is 12.1. The van der Waals surface area contributed by atoms with Gasteiger partial charge in [0, 0.05) is 11.5 Å². The minimum Gasteiger partial charge on any atom is -0.344 e. The Hall–Kier alpha value is -2.17. The Bertz CT molecular complexity index is 691. The number of hydrogen-bond donors (Lipinski definition) is 1. The average Bonchev–Trinajstić information content (AvgIpc) is 3.29. The summed E-state index contributed by atoms with van der Waals surface area (Å²) in [5.41, 5.74) is 2.07. The molecule has 2 atom stereocenters. The fourth-order valence-corrected chi connectivity index (χ4v) is 2.56. The summed E-state index contributed by atoms with van der Waals surface area (Å²) in [5, 5.41) is 7.18. The van der Waals surface area contributed by atoms with E-state index in [1.54, 1.807) is 0 Å². The van der Waals surface area contributed by atoms with E-state index in [-0.39, 0.29) is 23.8 Å². The van der Waals surface area contributed by atoms with Crippen molar-refractivity contribution in [2.24, 2.45) is 11.8 Å². The third kappa shape index (κ3) is 3.60. The van der Waals surface area contributed by atoms with Gasteiger partial charge in [0.15, 0.2) is 0 Å². The first-order chi connectivity index (χ1) is 11.1. The highest BCUT2D eigenvalue weighted by Gasteiger charge is 2.34. The molecule has 1 amide bonds. The average molecular weight is 313 g/mol. The Morgan fingerprint density at radius 2 is 2.22 bits per heavy atom. The first kappa shape index (κ1) is 15.7. The van der Waals surface area contributed by atoms with Gasteiger partial charge in [0.2, 0.25) is 17.6 Å². The van der Waals surface area contributed by atoms with E-state index < -0.39 is 0 Å². The molecule has 1 aliphatic carbocycles. The molecule has 5 heteroatoms. The molecule has 1 saturated carbocycles. The maximum absolute atomic E-state index is 12.1. The van der Waals surface area contributed by atoms with E-state index in [9.17, 15) is 4.79 Å². The molecule has 1 N–H and O–H groups in total. The van der Waals surface area contributed by atoms with Crippen molar-refractivity contribution in [3.8, 4) is 11.4 Å². The van der Waals surface area contributed by atoms with Crippen LogP contribution in [0.3, 0.4) is 0 Å². The van der Waals surface area contributed by atoms with E-state index in [1.807, 2.05) is 31.2 Å². The number of benzene rings is 1. The molecular formula is C18H23N3O2. The van der Waals surface area contributed by atoms with Crippen LogP contribution in [0.1, 0.15) is 50.6 Å². The van der Waals surface area contributed by atoms with Crippen molar-refractivity contribution in [2.45, 2.75) is 46.1 Å². The zero-order valence-electron chi connectivity index (χ0n) is 13.9. The molecule has 1 aromatic carbocycles. The number of amides is 1. The highest BCUT2D eigenvalue weighted by atomic mass is 16.5. The summed E-state index contributed by atoms with van der Waals surface area (Å²) in [6.07, 6.45) is 2.90. The summed E-state index contributed by atoms with van der Waals surface area (Å²) in [6, 6.07) is 7.77. The topological polar surface area (TPSA) is 68.0 Å². The van der Waals surface area contributed by atoms with E-state index >= 15 is 0 Å². The van der Waals surface area contributed by atoms with Gasteiger partial charge in [-0.05, 0) is 31.7 Å². The van der Waals surface area contributed by atoms with Crippen LogP contribution in [0.2, 0.25) is 0 Å². The van der Waals surface area contributed by atoms with Gasteiger partial charge in [0.25, 0.3) is 0 Å². The Morgan fingerprint density at radius 3 is 2.87 bits per heavy atom. The molecule has 0 spiro atoms. The summed E-state index contributed by atoms with van der Waals surface area (Å²) in [6.45, 7) is 6.22. The molecule has 122 valence electrons. The predicted octanol–water partition coefficient (Wildman–Crippen LogP) is 3.66.